The maximum Gasteiger partial charge on any atom is 0.308 e. The van der Waals surface area contributed by atoms with E-state index in [0.29, 0.717) is 34.0 Å². The molecule has 0 amide bonds. The third-order valence-electron chi connectivity index (χ3n) is 4.36. The van der Waals surface area contributed by atoms with Crippen LogP contribution in [0.4, 0.5) is 0 Å². The Balaban J connectivity index is 2.33. The van der Waals surface area contributed by atoms with E-state index in [-0.39, 0.29) is 16.6 Å². The fourth-order valence-corrected chi connectivity index (χ4v) is 3.12. The van der Waals surface area contributed by atoms with E-state index in [1.165, 1.54) is 20.1 Å². The molecule has 0 radical (unpaired) electrons. The standard InChI is InChI=1S/C21H20O6/c1-11-19(25-5)12(2)21-18(20(11)26-13(3)22)16(23)10-17(27-21)14-6-8-15(24-4)9-7-14/h6-10H,1-5H3. The predicted molar refractivity (Wildman–Crippen MR) is 102 cm³/mol. The summed E-state index contributed by atoms with van der Waals surface area (Å²) >= 11 is 0. The second-order valence-electron chi connectivity index (χ2n) is 6.11. The molecule has 0 aliphatic carbocycles. The molecule has 0 bridgehead atoms. The minimum absolute atomic E-state index is 0.162. The lowest BCUT2D eigenvalue weighted by molar-refractivity contribution is -0.131. The van der Waals surface area contributed by atoms with Crippen LogP contribution in [0.5, 0.6) is 17.2 Å². The number of rotatable bonds is 4. The van der Waals surface area contributed by atoms with Crippen molar-refractivity contribution in [3.63, 3.8) is 0 Å². The predicted octanol–water partition coefficient (Wildman–Crippen LogP) is 4.02. The van der Waals surface area contributed by atoms with Crippen molar-refractivity contribution in [2.45, 2.75) is 20.8 Å². The van der Waals surface area contributed by atoms with Gasteiger partial charge in [0.15, 0.2) is 11.2 Å². The minimum Gasteiger partial charge on any atom is -0.497 e. The number of esters is 1. The molecule has 27 heavy (non-hydrogen) atoms. The number of methoxy groups -OCH3 is 2. The molecule has 140 valence electrons. The van der Waals surface area contributed by atoms with Crippen LogP contribution in [0.2, 0.25) is 0 Å². The molecule has 0 spiro atoms. The van der Waals surface area contributed by atoms with Gasteiger partial charge in [0.25, 0.3) is 0 Å². The van der Waals surface area contributed by atoms with Crippen molar-refractivity contribution in [1.82, 2.24) is 0 Å². The quantitative estimate of drug-likeness (QED) is 0.511. The summed E-state index contributed by atoms with van der Waals surface area (Å²) < 4.78 is 22.0. The SMILES string of the molecule is COc1ccc(-c2cc(=O)c3c(OC(C)=O)c(C)c(OC)c(C)c3o2)cc1. The lowest BCUT2D eigenvalue weighted by Gasteiger charge is -2.16. The first-order chi connectivity index (χ1) is 12.9. The lowest BCUT2D eigenvalue weighted by atomic mass is 10.0. The van der Waals surface area contributed by atoms with E-state index >= 15 is 0 Å². The molecule has 1 aromatic heterocycles. The fourth-order valence-electron chi connectivity index (χ4n) is 3.12. The first-order valence-corrected chi connectivity index (χ1v) is 8.35. The van der Waals surface area contributed by atoms with Crippen LogP contribution in [0.3, 0.4) is 0 Å². The van der Waals surface area contributed by atoms with Crippen LogP contribution < -0.4 is 19.6 Å². The molecule has 3 rings (SSSR count). The molecule has 0 unspecified atom stereocenters. The van der Waals surface area contributed by atoms with E-state index in [2.05, 4.69) is 0 Å². The normalized spacial score (nSPS) is 10.7. The van der Waals surface area contributed by atoms with Crippen molar-refractivity contribution in [1.29, 1.82) is 0 Å². The second-order valence-corrected chi connectivity index (χ2v) is 6.11. The van der Waals surface area contributed by atoms with Crippen LogP contribution >= 0.6 is 0 Å². The largest absolute Gasteiger partial charge is 0.497 e. The van der Waals surface area contributed by atoms with Crippen LogP contribution in [-0.2, 0) is 4.79 Å². The highest BCUT2D eigenvalue weighted by Gasteiger charge is 2.22. The Hall–Kier alpha value is -3.28. The fraction of sp³-hybridized carbons (Fsp3) is 0.238. The third kappa shape index (κ3) is 3.26. The number of carbonyl (C=O) groups is 1. The van der Waals surface area contributed by atoms with Gasteiger partial charge in [0, 0.05) is 29.7 Å². The molecule has 0 aliphatic heterocycles. The van der Waals surface area contributed by atoms with Crippen molar-refractivity contribution in [2.75, 3.05) is 14.2 Å². The topological polar surface area (TPSA) is 75.0 Å². The second kappa shape index (κ2) is 7.15. The van der Waals surface area contributed by atoms with Crippen LogP contribution in [0, 0.1) is 13.8 Å². The number of aryl methyl sites for hydroxylation is 1. The van der Waals surface area contributed by atoms with Crippen LogP contribution in [0.25, 0.3) is 22.3 Å². The van der Waals surface area contributed by atoms with Gasteiger partial charge in [-0.3, -0.25) is 9.59 Å². The zero-order chi connectivity index (χ0) is 19.7. The monoisotopic (exact) mass is 368 g/mol. The van der Waals surface area contributed by atoms with Crippen molar-refractivity contribution >= 4 is 16.9 Å². The summed E-state index contributed by atoms with van der Waals surface area (Å²) in [6.45, 7) is 4.82. The molecule has 2 aromatic carbocycles. The molecule has 6 heteroatoms. The van der Waals surface area contributed by atoms with Gasteiger partial charge >= 0.3 is 5.97 Å². The molecule has 0 fully saturated rings. The Morgan fingerprint density at radius 2 is 1.63 bits per heavy atom. The van der Waals surface area contributed by atoms with E-state index in [4.69, 9.17) is 18.6 Å². The van der Waals surface area contributed by atoms with Gasteiger partial charge in [-0.05, 0) is 38.1 Å². The molecule has 0 atom stereocenters. The number of carbonyl (C=O) groups excluding carboxylic acids is 1. The van der Waals surface area contributed by atoms with Crippen molar-refractivity contribution in [2.24, 2.45) is 0 Å². The summed E-state index contributed by atoms with van der Waals surface area (Å²) in [5, 5.41) is 0.221. The van der Waals surface area contributed by atoms with Gasteiger partial charge in [0.2, 0.25) is 0 Å². The lowest BCUT2D eigenvalue weighted by Crippen LogP contribution is -2.10. The molecule has 0 aliphatic rings. The van der Waals surface area contributed by atoms with E-state index in [0.717, 1.165) is 5.56 Å². The first-order valence-electron chi connectivity index (χ1n) is 8.35. The maximum absolute atomic E-state index is 12.9. The number of hydrogen-bond acceptors (Lipinski definition) is 6. The van der Waals surface area contributed by atoms with E-state index < -0.39 is 5.97 Å². The summed E-state index contributed by atoms with van der Waals surface area (Å²) in [5.41, 5.74) is 1.98. The number of hydrogen-bond donors (Lipinski definition) is 0. The third-order valence-corrected chi connectivity index (χ3v) is 4.36. The van der Waals surface area contributed by atoms with Crippen LogP contribution in [-0.4, -0.2) is 20.2 Å². The molecule has 3 aromatic rings. The van der Waals surface area contributed by atoms with Gasteiger partial charge in [-0.25, -0.2) is 0 Å². The molecule has 1 heterocycles. The molecular formula is C21H20O6. The summed E-state index contributed by atoms with van der Waals surface area (Å²) in [4.78, 5) is 24.4. The Morgan fingerprint density at radius 1 is 0.963 bits per heavy atom. The molecular weight excluding hydrogens is 348 g/mol. The first kappa shape index (κ1) is 18.5. The molecule has 0 saturated carbocycles. The Morgan fingerprint density at radius 3 is 2.19 bits per heavy atom. The van der Waals surface area contributed by atoms with Crippen molar-refractivity contribution in [3.05, 3.63) is 51.7 Å². The van der Waals surface area contributed by atoms with Gasteiger partial charge in [-0.2, -0.15) is 0 Å². The highest BCUT2D eigenvalue weighted by molar-refractivity contribution is 5.93. The summed E-state index contributed by atoms with van der Waals surface area (Å²) in [7, 11) is 3.10. The van der Waals surface area contributed by atoms with Gasteiger partial charge in [0.05, 0.1) is 14.2 Å². The molecule has 0 N–H and O–H groups in total. The average molecular weight is 368 g/mol. The van der Waals surface area contributed by atoms with Gasteiger partial charge in [-0.1, -0.05) is 0 Å². The summed E-state index contributed by atoms with van der Waals surface area (Å²) in [6, 6.07) is 8.56. The minimum atomic E-state index is -0.524. The summed E-state index contributed by atoms with van der Waals surface area (Å²) in [6.07, 6.45) is 0. The summed E-state index contributed by atoms with van der Waals surface area (Å²) in [5.74, 6) is 1.25. The zero-order valence-electron chi connectivity index (χ0n) is 15.8. The van der Waals surface area contributed by atoms with E-state index in [1.54, 1.807) is 45.2 Å². The van der Waals surface area contributed by atoms with E-state index in [1.807, 2.05) is 0 Å². The number of benzene rings is 2. The number of ether oxygens (including phenoxy) is 3. The van der Waals surface area contributed by atoms with Crippen LogP contribution in [0.1, 0.15) is 18.1 Å². The smallest absolute Gasteiger partial charge is 0.308 e. The van der Waals surface area contributed by atoms with E-state index in [9.17, 15) is 9.59 Å². The highest BCUT2D eigenvalue weighted by Crippen LogP contribution is 2.40. The van der Waals surface area contributed by atoms with Crippen molar-refractivity contribution < 1.29 is 23.4 Å². The average Bonchev–Trinajstić information content (AvgIpc) is 2.65. The Kier molecular flexibility index (Phi) is 4.90. The Labute approximate surface area is 156 Å². The Bertz CT molecular complexity index is 1080. The van der Waals surface area contributed by atoms with Gasteiger partial charge in [-0.15, -0.1) is 0 Å². The molecule has 6 nitrogen and oxygen atoms in total. The maximum atomic E-state index is 12.9. The zero-order valence-corrected chi connectivity index (χ0v) is 15.8. The van der Waals surface area contributed by atoms with Gasteiger partial charge in [0.1, 0.15) is 28.2 Å². The number of fused-ring (bicyclic) bond motifs is 1. The van der Waals surface area contributed by atoms with Crippen molar-refractivity contribution in [3.8, 4) is 28.6 Å². The highest BCUT2D eigenvalue weighted by atomic mass is 16.5. The molecule has 0 saturated heterocycles. The van der Waals surface area contributed by atoms with Gasteiger partial charge < -0.3 is 18.6 Å². The van der Waals surface area contributed by atoms with Crippen LogP contribution in [0.15, 0.2) is 39.5 Å².